The molecule has 0 unspecified atom stereocenters. The molecule has 0 fully saturated rings. The second-order valence-corrected chi connectivity index (χ2v) is 3.89. The summed E-state index contributed by atoms with van der Waals surface area (Å²) in [7, 11) is 4.57. The Morgan fingerprint density at radius 3 is 2.20 bits per heavy atom. The lowest BCUT2D eigenvalue weighted by molar-refractivity contribution is 0.324. The molecule has 0 bridgehead atoms. The Labute approximate surface area is 116 Å². The number of aromatic nitrogens is 1. The van der Waals surface area contributed by atoms with Gasteiger partial charge >= 0.3 is 0 Å². The van der Waals surface area contributed by atoms with Gasteiger partial charge in [-0.1, -0.05) is 0 Å². The maximum absolute atomic E-state index is 13.6. The van der Waals surface area contributed by atoms with E-state index in [4.69, 9.17) is 14.2 Å². The molecule has 5 nitrogen and oxygen atoms in total. The number of methoxy groups -OCH3 is 3. The van der Waals surface area contributed by atoms with Crippen molar-refractivity contribution in [3.05, 3.63) is 36.4 Å². The predicted molar refractivity (Wildman–Crippen MR) is 73.6 cm³/mol. The van der Waals surface area contributed by atoms with Gasteiger partial charge in [-0.2, -0.15) is 0 Å². The van der Waals surface area contributed by atoms with Gasteiger partial charge in [-0.3, -0.25) is 4.98 Å². The van der Waals surface area contributed by atoms with Crippen LogP contribution in [0.4, 0.5) is 15.8 Å². The topological polar surface area (TPSA) is 52.6 Å². The molecule has 1 heterocycles. The van der Waals surface area contributed by atoms with Crippen LogP contribution in [0.5, 0.6) is 17.2 Å². The highest BCUT2D eigenvalue weighted by molar-refractivity contribution is 5.68. The van der Waals surface area contributed by atoms with Crippen LogP contribution in [0.3, 0.4) is 0 Å². The molecule has 0 saturated heterocycles. The second-order valence-electron chi connectivity index (χ2n) is 3.89. The van der Waals surface area contributed by atoms with Gasteiger partial charge in [0.15, 0.2) is 17.3 Å². The lowest BCUT2D eigenvalue weighted by Crippen LogP contribution is -1.99. The molecule has 106 valence electrons. The van der Waals surface area contributed by atoms with Crippen LogP contribution in [0, 0.1) is 5.82 Å². The smallest absolute Gasteiger partial charge is 0.203 e. The van der Waals surface area contributed by atoms with E-state index in [1.807, 2.05) is 0 Å². The van der Waals surface area contributed by atoms with Crippen LogP contribution in [-0.4, -0.2) is 26.3 Å². The monoisotopic (exact) mass is 278 g/mol. The molecule has 0 aliphatic carbocycles. The summed E-state index contributed by atoms with van der Waals surface area (Å²) in [6, 6.07) is 4.93. The van der Waals surface area contributed by atoms with Gasteiger partial charge in [0.2, 0.25) is 5.75 Å². The summed E-state index contributed by atoms with van der Waals surface area (Å²) < 4.78 is 29.3. The van der Waals surface area contributed by atoms with Crippen molar-refractivity contribution in [3.63, 3.8) is 0 Å². The van der Waals surface area contributed by atoms with Crippen LogP contribution in [-0.2, 0) is 0 Å². The lowest BCUT2D eigenvalue weighted by Gasteiger charge is -2.15. The molecule has 1 N–H and O–H groups in total. The SMILES string of the molecule is COc1cc(Nc2ccncc2F)cc(OC)c1OC. The molecule has 0 radical (unpaired) electrons. The summed E-state index contributed by atoms with van der Waals surface area (Å²) >= 11 is 0. The highest BCUT2D eigenvalue weighted by Gasteiger charge is 2.13. The zero-order valence-corrected chi connectivity index (χ0v) is 11.4. The van der Waals surface area contributed by atoms with Crippen molar-refractivity contribution in [3.8, 4) is 17.2 Å². The fourth-order valence-corrected chi connectivity index (χ4v) is 1.79. The predicted octanol–water partition coefficient (Wildman–Crippen LogP) is 2.99. The number of pyridine rings is 1. The van der Waals surface area contributed by atoms with Crippen LogP contribution in [0.25, 0.3) is 0 Å². The normalized spacial score (nSPS) is 10.0. The number of nitrogens with zero attached hydrogens (tertiary/aromatic N) is 1. The first-order chi connectivity index (χ1) is 9.69. The zero-order valence-electron chi connectivity index (χ0n) is 11.4. The molecule has 1 aromatic heterocycles. The Bertz CT molecular complexity index is 580. The van der Waals surface area contributed by atoms with Crippen molar-refractivity contribution in [2.45, 2.75) is 0 Å². The van der Waals surface area contributed by atoms with Gasteiger partial charge in [0.05, 0.1) is 33.2 Å². The van der Waals surface area contributed by atoms with Gasteiger partial charge in [0.1, 0.15) is 0 Å². The molecule has 1 aromatic carbocycles. The van der Waals surface area contributed by atoms with E-state index in [0.717, 1.165) is 6.20 Å². The Kier molecular flexibility index (Phi) is 4.24. The number of rotatable bonds is 5. The van der Waals surface area contributed by atoms with Gasteiger partial charge in [0, 0.05) is 24.0 Å². The van der Waals surface area contributed by atoms with Crippen molar-refractivity contribution < 1.29 is 18.6 Å². The number of benzene rings is 1. The van der Waals surface area contributed by atoms with Gasteiger partial charge < -0.3 is 19.5 Å². The fraction of sp³-hybridized carbons (Fsp3) is 0.214. The van der Waals surface area contributed by atoms with Gasteiger partial charge in [0.25, 0.3) is 0 Å². The van der Waals surface area contributed by atoms with Crippen LogP contribution in [0.15, 0.2) is 30.6 Å². The first-order valence-corrected chi connectivity index (χ1v) is 5.86. The average Bonchev–Trinajstić information content (AvgIpc) is 2.48. The summed E-state index contributed by atoms with van der Waals surface area (Å²) in [6.07, 6.45) is 2.64. The number of anilines is 2. The van der Waals surface area contributed by atoms with E-state index in [9.17, 15) is 4.39 Å². The Balaban J connectivity index is 2.40. The summed E-state index contributed by atoms with van der Waals surface area (Å²) in [5, 5.41) is 2.94. The van der Waals surface area contributed by atoms with E-state index in [-0.39, 0.29) is 0 Å². The Morgan fingerprint density at radius 2 is 1.70 bits per heavy atom. The molecule has 20 heavy (non-hydrogen) atoms. The Hall–Kier alpha value is -2.50. The standard InChI is InChI=1S/C14H15FN2O3/c1-18-12-6-9(7-13(19-2)14(12)20-3)17-11-4-5-16-8-10(11)15/h4-8H,1-3H3,(H,16,17). The minimum absolute atomic E-state index is 0.314. The van der Waals surface area contributed by atoms with Gasteiger partial charge in [-0.05, 0) is 6.07 Å². The third kappa shape index (κ3) is 2.74. The largest absolute Gasteiger partial charge is 0.493 e. The average molecular weight is 278 g/mol. The van der Waals surface area contributed by atoms with Crippen LogP contribution >= 0.6 is 0 Å². The van der Waals surface area contributed by atoms with E-state index in [0.29, 0.717) is 28.6 Å². The van der Waals surface area contributed by atoms with Crippen LogP contribution in [0.2, 0.25) is 0 Å². The molecule has 0 amide bonds. The van der Waals surface area contributed by atoms with Crippen molar-refractivity contribution in [1.82, 2.24) is 4.98 Å². The summed E-state index contributed by atoms with van der Waals surface area (Å²) in [5.41, 5.74) is 0.930. The molecule has 0 atom stereocenters. The summed E-state index contributed by atoms with van der Waals surface area (Å²) in [5.74, 6) is 1.02. The molecule has 0 spiro atoms. The third-order valence-electron chi connectivity index (χ3n) is 2.72. The number of ether oxygens (including phenoxy) is 3. The van der Waals surface area contributed by atoms with E-state index in [2.05, 4.69) is 10.3 Å². The molecular formula is C14H15FN2O3. The zero-order chi connectivity index (χ0) is 14.5. The molecule has 6 heteroatoms. The molecule has 0 aliphatic rings. The minimum atomic E-state index is -0.443. The Morgan fingerprint density at radius 1 is 1.05 bits per heavy atom. The highest BCUT2D eigenvalue weighted by atomic mass is 19.1. The van der Waals surface area contributed by atoms with E-state index in [1.54, 1.807) is 18.2 Å². The number of hydrogen-bond donors (Lipinski definition) is 1. The van der Waals surface area contributed by atoms with Crippen LogP contribution in [0.1, 0.15) is 0 Å². The van der Waals surface area contributed by atoms with Crippen molar-refractivity contribution in [2.24, 2.45) is 0 Å². The van der Waals surface area contributed by atoms with E-state index >= 15 is 0 Å². The lowest BCUT2D eigenvalue weighted by atomic mass is 10.2. The summed E-state index contributed by atoms with van der Waals surface area (Å²) in [6.45, 7) is 0. The quantitative estimate of drug-likeness (QED) is 0.911. The van der Waals surface area contributed by atoms with Crippen molar-refractivity contribution in [1.29, 1.82) is 0 Å². The number of nitrogens with one attached hydrogen (secondary N) is 1. The van der Waals surface area contributed by atoms with E-state index < -0.39 is 5.82 Å². The minimum Gasteiger partial charge on any atom is -0.493 e. The molecule has 0 aliphatic heterocycles. The van der Waals surface area contributed by atoms with Crippen molar-refractivity contribution in [2.75, 3.05) is 26.6 Å². The molecule has 2 rings (SSSR count). The van der Waals surface area contributed by atoms with E-state index in [1.165, 1.54) is 27.5 Å². The third-order valence-corrected chi connectivity index (χ3v) is 2.72. The van der Waals surface area contributed by atoms with Gasteiger partial charge in [-0.25, -0.2) is 4.39 Å². The first kappa shape index (κ1) is 13.9. The van der Waals surface area contributed by atoms with Crippen molar-refractivity contribution >= 4 is 11.4 Å². The van der Waals surface area contributed by atoms with Gasteiger partial charge in [-0.15, -0.1) is 0 Å². The number of hydrogen-bond acceptors (Lipinski definition) is 5. The maximum atomic E-state index is 13.6. The summed E-state index contributed by atoms with van der Waals surface area (Å²) in [4.78, 5) is 3.70. The first-order valence-electron chi connectivity index (χ1n) is 5.86. The molecule has 0 saturated carbocycles. The maximum Gasteiger partial charge on any atom is 0.203 e. The fourth-order valence-electron chi connectivity index (χ4n) is 1.79. The number of halogens is 1. The second kappa shape index (κ2) is 6.10. The molecule has 2 aromatic rings. The molecular weight excluding hydrogens is 263 g/mol. The van der Waals surface area contributed by atoms with Crippen LogP contribution < -0.4 is 19.5 Å². The highest BCUT2D eigenvalue weighted by Crippen LogP contribution is 2.40.